The zero-order valence-electron chi connectivity index (χ0n) is 5.09. The summed E-state index contributed by atoms with van der Waals surface area (Å²) < 4.78 is 5.01. The molecule has 3 heteroatoms. The molecule has 0 aromatic carbocycles. The molecular formula is C6H9NO2. The first-order valence-corrected chi connectivity index (χ1v) is 2.84. The van der Waals surface area contributed by atoms with Crippen molar-refractivity contribution in [2.75, 3.05) is 13.2 Å². The molecule has 9 heavy (non-hydrogen) atoms. The smallest absolute Gasteiger partial charge is 0.246 e. The first kappa shape index (κ1) is 6.29. The van der Waals surface area contributed by atoms with E-state index in [1.165, 1.54) is 0 Å². The molecule has 0 spiro atoms. The van der Waals surface area contributed by atoms with Gasteiger partial charge >= 0.3 is 0 Å². The molecule has 0 radical (unpaired) electrons. The average molecular weight is 127 g/mol. The van der Waals surface area contributed by atoms with E-state index in [9.17, 15) is 4.79 Å². The summed E-state index contributed by atoms with van der Waals surface area (Å²) >= 11 is 0. The number of nitrogens with one attached hydrogen (secondary N) is 1. The van der Waals surface area contributed by atoms with Crippen molar-refractivity contribution >= 4 is 5.91 Å². The minimum absolute atomic E-state index is 0.00250. The van der Waals surface area contributed by atoms with Gasteiger partial charge in [-0.25, -0.2) is 0 Å². The minimum atomic E-state index is -0.0481. The number of ether oxygens (including phenoxy) is 1. The van der Waals surface area contributed by atoms with Crippen molar-refractivity contribution in [1.82, 2.24) is 5.32 Å². The molecule has 1 heterocycles. The Balaban J connectivity index is 2.34. The molecule has 1 aliphatic rings. The highest BCUT2D eigenvalue weighted by molar-refractivity contribution is 5.77. The van der Waals surface area contributed by atoms with Gasteiger partial charge in [-0.3, -0.25) is 4.79 Å². The molecule has 50 valence electrons. The average Bonchev–Trinajstić information content (AvgIpc) is 1.90. The Hall–Kier alpha value is -0.830. The van der Waals surface area contributed by atoms with Crippen LogP contribution in [-0.4, -0.2) is 25.2 Å². The molecule has 1 N–H and O–H groups in total. The highest BCUT2D eigenvalue weighted by Gasteiger charge is 2.14. The van der Waals surface area contributed by atoms with Crippen LogP contribution >= 0.6 is 0 Å². The van der Waals surface area contributed by atoms with Gasteiger partial charge in [-0.05, 0) is 0 Å². The summed E-state index contributed by atoms with van der Waals surface area (Å²) in [6, 6.07) is 0. The van der Waals surface area contributed by atoms with Crippen LogP contribution in [0.3, 0.4) is 0 Å². The molecule has 1 atom stereocenters. The van der Waals surface area contributed by atoms with Gasteiger partial charge in [0.05, 0.1) is 6.10 Å². The fourth-order valence-corrected chi connectivity index (χ4v) is 0.658. The molecule has 0 aromatic heterocycles. The predicted molar refractivity (Wildman–Crippen MR) is 32.9 cm³/mol. The number of carbonyl (C=O) groups is 1. The number of morpholine rings is 1. The second-order valence-corrected chi connectivity index (χ2v) is 1.89. The molecule has 1 rings (SSSR count). The number of hydrogen-bond donors (Lipinski definition) is 1. The fraction of sp³-hybridized carbons (Fsp3) is 0.500. The van der Waals surface area contributed by atoms with Crippen molar-refractivity contribution in [2.24, 2.45) is 0 Å². The van der Waals surface area contributed by atoms with Gasteiger partial charge in [-0.15, -0.1) is 6.58 Å². The van der Waals surface area contributed by atoms with Gasteiger partial charge in [-0.1, -0.05) is 6.08 Å². The molecule has 1 saturated heterocycles. The molecule has 3 nitrogen and oxygen atoms in total. The Morgan fingerprint density at radius 1 is 1.89 bits per heavy atom. The Labute approximate surface area is 53.7 Å². The molecule has 1 amide bonds. The molecule has 0 bridgehead atoms. The Morgan fingerprint density at radius 3 is 3.11 bits per heavy atom. The lowest BCUT2D eigenvalue weighted by atomic mass is 10.3. The third-order valence-corrected chi connectivity index (χ3v) is 1.19. The summed E-state index contributed by atoms with van der Waals surface area (Å²) in [6.45, 7) is 4.25. The van der Waals surface area contributed by atoms with Crippen molar-refractivity contribution in [1.29, 1.82) is 0 Å². The lowest BCUT2D eigenvalue weighted by Crippen LogP contribution is -2.41. The zero-order valence-corrected chi connectivity index (χ0v) is 5.09. The van der Waals surface area contributed by atoms with Crippen LogP contribution < -0.4 is 5.32 Å². The highest BCUT2D eigenvalue weighted by Crippen LogP contribution is 1.95. The number of hydrogen-bond acceptors (Lipinski definition) is 2. The Bertz CT molecular complexity index is 123. The maximum atomic E-state index is 10.5. The molecule has 0 unspecified atom stereocenters. The van der Waals surface area contributed by atoms with E-state index >= 15 is 0 Å². The van der Waals surface area contributed by atoms with Crippen LogP contribution in [0.2, 0.25) is 0 Å². The van der Waals surface area contributed by atoms with Crippen molar-refractivity contribution < 1.29 is 9.53 Å². The topological polar surface area (TPSA) is 38.3 Å². The Morgan fingerprint density at radius 2 is 2.67 bits per heavy atom. The predicted octanol–water partition coefficient (Wildman–Crippen LogP) is -0.313. The van der Waals surface area contributed by atoms with E-state index in [1.54, 1.807) is 6.08 Å². The third kappa shape index (κ3) is 1.54. The standard InChI is InChI=1S/C6H9NO2/c1-2-5-3-7-6(8)4-9-5/h2,5H,1,3-4H2,(H,7,8)/t5-/m1/s1. The first-order chi connectivity index (χ1) is 4.33. The van der Waals surface area contributed by atoms with Crippen LogP contribution in [0.25, 0.3) is 0 Å². The van der Waals surface area contributed by atoms with Crippen molar-refractivity contribution in [3.05, 3.63) is 12.7 Å². The second kappa shape index (κ2) is 2.64. The largest absolute Gasteiger partial charge is 0.363 e. The van der Waals surface area contributed by atoms with Gasteiger partial charge in [0.15, 0.2) is 0 Å². The van der Waals surface area contributed by atoms with Crippen molar-refractivity contribution in [3.8, 4) is 0 Å². The van der Waals surface area contributed by atoms with E-state index in [4.69, 9.17) is 4.74 Å². The van der Waals surface area contributed by atoms with E-state index in [2.05, 4.69) is 11.9 Å². The lowest BCUT2D eigenvalue weighted by Gasteiger charge is -2.19. The minimum Gasteiger partial charge on any atom is -0.363 e. The van der Waals surface area contributed by atoms with E-state index < -0.39 is 0 Å². The zero-order chi connectivity index (χ0) is 6.69. The SMILES string of the molecule is C=C[C@@H]1CNC(=O)CO1. The van der Waals surface area contributed by atoms with Gasteiger partial charge < -0.3 is 10.1 Å². The van der Waals surface area contributed by atoms with Crippen LogP contribution in [-0.2, 0) is 9.53 Å². The van der Waals surface area contributed by atoms with Crippen molar-refractivity contribution in [3.63, 3.8) is 0 Å². The summed E-state index contributed by atoms with van der Waals surface area (Å²) in [4.78, 5) is 10.5. The van der Waals surface area contributed by atoms with Crippen LogP contribution in [0.15, 0.2) is 12.7 Å². The molecule has 0 aliphatic carbocycles. The molecule has 1 aliphatic heterocycles. The van der Waals surface area contributed by atoms with Crippen LogP contribution in [0, 0.1) is 0 Å². The van der Waals surface area contributed by atoms with E-state index in [1.807, 2.05) is 0 Å². The van der Waals surface area contributed by atoms with Gasteiger partial charge in [0.1, 0.15) is 6.61 Å². The molecule has 0 aromatic rings. The number of carbonyl (C=O) groups excluding carboxylic acids is 1. The summed E-state index contributed by atoms with van der Waals surface area (Å²) in [5.41, 5.74) is 0. The number of amides is 1. The summed E-state index contributed by atoms with van der Waals surface area (Å²) in [5.74, 6) is -0.0481. The van der Waals surface area contributed by atoms with Crippen LogP contribution in [0.5, 0.6) is 0 Å². The second-order valence-electron chi connectivity index (χ2n) is 1.89. The third-order valence-electron chi connectivity index (χ3n) is 1.19. The quantitative estimate of drug-likeness (QED) is 0.490. The summed E-state index contributed by atoms with van der Waals surface area (Å²) in [5, 5.41) is 2.65. The van der Waals surface area contributed by atoms with Gasteiger partial charge in [-0.2, -0.15) is 0 Å². The molecule has 1 fully saturated rings. The van der Waals surface area contributed by atoms with Crippen molar-refractivity contribution in [2.45, 2.75) is 6.10 Å². The summed E-state index contributed by atoms with van der Waals surface area (Å²) in [6.07, 6.45) is 1.68. The maximum absolute atomic E-state index is 10.5. The molecule has 0 saturated carbocycles. The molecular weight excluding hydrogens is 118 g/mol. The maximum Gasteiger partial charge on any atom is 0.246 e. The van der Waals surface area contributed by atoms with Crippen LogP contribution in [0.1, 0.15) is 0 Å². The Kier molecular flexibility index (Phi) is 1.85. The normalized spacial score (nSPS) is 27.1. The fourth-order valence-electron chi connectivity index (χ4n) is 0.658. The van der Waals surface area contributed by atoms with E-state index in [0.717, 1.165) is 0 Å². The highest BCUT2D eigenvalue weighted by atomic mass is 16.5. The van der Waals surface area contributed by atoms with Crippen LogP contribution in [0.4, 0.5) is 0 Å². The number of rotatable bonds is 1. The summed E-state index contributed by atoms with van der Waals surface area (Å²) in [7, 11) is 0. The van der Waals surface area contributed by atoms with E-state index in [0.29, 0.717) is 6.54 Å². The van der Waals surface area contributed by atoms with E-state index in [-0.39, 0.29) is 18.6 Å². The van der Waals surface area contributed by atoms with Gasteiger partial charge in [0, 0.05) is 6.54 Å². The lowest BCUT2D eigenvalue weighted by molar-refractivity contribution is -0.131. The first-order valence-electron chi connectivity index (χ1n) is 2.84. The van der Waals surface area contributed by atoms with Gasteiger partial charge in [0.25, 0.3) is 0 Å². The van der Waals surface area contributed by atoms with Gasteiger partial charge in [0.2, 0.25) is 5.91 Å². The monoisotopic (exact) mass is 127 g/mol.